The Kier molecular flexibility index (Phi) is 13.1. The van der Waals surface area contributed by atoms with Gasteiger partial charge >= 0.3 is 12.1 Å². The van der Waals surface area contributed by atoms with Crippen LogP contribution in [-0.2, 0) is 19.1 Å². The molecule has 1 aliphatic rings. The van der Waals surface area contributed by atoms with E-state index in [1.165, 1.54) is 18.2 Å². The van der Waals surface area contributed by atoms with Gasteiger partial charge in [-0.2, -0.15) is 0 Å². The van der Waals surface area contributed by atoms with Crippen molar-refractivity contribution in [3.05, 3.63) is 43.0 Å². The van der Waals surface area contributed by atoms with Crippen LogP contribution in [0.4, 0.5) is 4.79 Å². The monoisotopic (exact) mass is 516 g/mol. The van der Waals surface area contributed by atoms with Crippen molar-refractivity contribution in [1.29, 1.82) is 0 Å². The van der Waals surface area contributed by atoms with Gasteiger partial charge in [-0.25, -0.2) is 9.59 Å². The van der Waals surface area contributed by atoms with Gasteiger partial charge in [0.05, 0.1) is 13.3 Å². The van der Waals surface area contributed by atoms with Gasteiger partial charge in [-0.3, -0.25) is 14.8 Å². The molecule has 0 aromatic carbocycles. The number of aromatic nitrogens is 2. The number of nitrogens with one attached hydrogen (secondary N) is 1. The third-order valence-corrected chi connectivity index (χ3v) is 4.57. The van der Waals surface area contributed by atoms with Crippen LogP contribution in [0.25, 0.3) is 11.1 Å². The molecule has 0 saturated carbocycles. The van der Waals surface area contributed by atoms with Gasteiger partial charge < -0.3 is 24.8 Å². The summed E-state index contributed by atoms with van der Waals surface area (Å²) >= 11 is 0. The molecule has 2 aromatic heterocycles. The third-order valence-electron chi connectivity index (χ3n) is 4.57. The lowest BCUT2D eigenvalue weighted by Crippen LogP contribution is -2.46. The molecule has 1 unspecified atom stereocenters. The topological polar surface area (TPSA) is 131 Å². The van der Waals surface area contributed by atoms with E-state index < -0.39 is 23.7 Å². The van der Waals surface area contributed by atoms with E-state index >= 15 is 0 Å². The van der Waals surface area contributed by atoms with E-state index in [2.05, 4.69) is 40.8 Å². The predicted molar refractivity (Wildman–Crippen MR) is 141 cm³/mol. The van der Waals surface area contributed by atoms with E-state index in [1.54, 1.807) is 45.4 Å². The minimum atomic E-state index is -0.653. The first-order valence-electron chi connectivity index (χ1n) is 12.2. The minimum Gasteiger partial charge on any atom is -0.506 e. The van der Waals surface area contributed by atoms with Crippen molar-refractivity contribution in [1.82, 2.24) is 20.2 Å². The van der Waals surface area contributed by atoms with Crippen LogP contribution < -0.4 is 5.32 Å². The molecule has 0 aliphatic carbocycles. The van der Waals surface area contributed by atoms with Crippen molar-refractivity contribution in [2.24, 2.45) is 5.92 Å². The highest BCUT2D eigenvalue weighted by atomic mass is 16.6. The van der Waals surface area contributed by atoms with Crippen LogP contribution in [-0.4, -0.2) is 69.8 Å². The summed E-state index contributed by atoms with van der Waals surface area (Å²) in [4.78, 5) is 44.2. The standard InChI is InChI=1S/C13H22N2O5.C10H8N2O.C4H10/c1-13(2,3)20-12(18)14-8-10(16)15-7-5-6-9(15)11(17)19-4;13-10-5-9(6-12-7-10)8-1-3-11-4-2-8;1-4(2)3/h9H,5-8H2,1-4H3,(H,14,18);1-7,13H;4H,1-3H3. The van der Waals surface area contributed by atoms with E-state index in [-0.39, 0.29) is 18.2 Å². The zero-order valence-electron chi connectivity index (χ0n) is 22.9. The number of aromatic hydroxyl groups is 1. The van der Waals surface area contributed by atoms with Crippen LogP contribution in [0.15, 0.2) is 43.0 Å². The highest BCUT2D eigenvalue weighted by molar-refractivity contribution is 5.87. The molecule has 1 atom stereocenters. The zero-order valence-corrected chi connectivity index (χ0v) is 22.9. The quantitative estimate of drug-likeness (QED) is 0.579. The number of carbonyl (C=O) groups is 3. The third kappa shape index (κ3) is 12.7. The first-order chi connectivity index (χ1) is 17.3. The minimum absolute atomic E-state index is 0.175. The number of hydrogen-bond donors (Lipinski definition) is 2. The number of esters is 1. The number of nitrogens with zero attached hydrogens (tertiary/aromatic N) is 3. The number of likely N-dealkylation sites (tertiary alicyclic amines) is 1. The van der Waals surface area contributed by atoms with Crippen LogP contribution in [0.5, 0.6) is 5.75 Å². The summed E-state index contributed by atoms with van der Waals surface area (Å²) < 4.78 is 9.69. The maximum atomic E-state index is 12.0. The van der Waals surface area contributed by atoms with Gasteiger partial charge in [0.25, 0.3) is 0 Å². The maximum Gasteiger partial charge on any atom is 0.408 e. The van der Waals surface area contributed by atoms with Gasteiger partial charge in [-0.15, -0.1) is 0 Å². The van der Waals surface area contributed by atoms with Crippen LogP contribution in [0.1, 0.15) is 54.4 Å². The predicted octanol–water partition coefficient (Wildman–Crippen LogP) is 4.19. The summed E-state index contributed by atoms with van der Waals surface area (Å²) in [7, 11) is 1.29. The largest absolute Gasteiger partial charge is 0.506 e. The fraction of sp³-hybridized carbons (Fsp3) is 0.519. The number of rotatable bonds is 4. The summed E-state index contributed by atoms with van der Waals surface area (Å²) in [6.45, 7) is 12.0. The van der Waals surface area contributed by atoms with Gasteiger partial charge in [0.15, 0.2) is 0 Å². The Morgan fingerprint density at radius 2 is 1.73 bits per heavy atom. The molecular weight excluding hydrogens is 476 g/mol. The van der Waals surface area contributed by atoms with E-state index in [0.717, 1.165) is 23.5 Å². The summed E-state index contributed by atoms with van der Waals surface area (Å²) in [5.41, 5.74) is 1.27. The molecule has 3 heterocycles. The Balaban J connectivity index is 0.000000342. The average molecular weight is 517 g/mol. The van der Waals surface area contributed by atoms with Crippen molar-refractivity contribution in [2.75, 3.05) is 20.2 Å². The number of hydrogen-bond acceptors (Lipinski definition) is 8. The molecule has 2 aromatic rings. The van der Waals surface area contributed by atoms with Crippen molar-refractivity contribution in [3.63, 3.8) is 0 Å². The Labute approximate surface area is 219 Å². The molecule has 204 valence electrons. The lowest BCUT2D eigenvalue weighted by atomic mass is 10.1. The fourth-order valence-electron chi connectivity index (χ4n) is 3.14. The van der Waals surface area contributed by atoms with Gasteiger partial charge in [0, 0.05) is 30.7 Å². The van der Waals surface area contributed by atoms with E-state index in [1.807, 2.05) is 12.1 Å². The molecule has 10 heteroatoms. The number of pyridine rings is 2. The normalized spacial score (nSPS) is 14.5. The lowest BCUT2D eigenvalue weighted by molar-refractivity contribution is -0.150. The molecule has 3 rings (SSSR count). The van der Waals surface area contributed by atoms with Gasteiger partial charge in [-0.1, -0.05) is 20.8 Å². The highest BCUT2D eigenvalue weighted by Gasteiger charge is 2.34. The second-order valence-electron chi connectivity index (χ2n) is 10.0. The number of alkyl carbamates (subject to hydrolysis) is 1. The molecular formula is C27H40N4O6. The average Bonchev–Trinajstić information content (AvgIpc) is 3.32. The lowest BCUT2D eigenvalue weighted by Gasteiger charge is -2.23. The van der Waals surface area contributed by atoms with Gasteiger partial charge in [0.2, 0.25) is 5.91 Å². The Morgan fingerprint density at radius 3 is 2.27 bits per heavy atom. The van der Waals surface area contributed by atoms with Crippen LogP contribution >= 0.6 is 0 Å². The number of methoxy groups -OCH3 is 1. The van der Waals surface area contributed by atoms with Crippen molar-refractivity contribution >= 4 is 18.0 Å². The molecule has 10 nitrogen and oxygen atoms in total. The molecule has 0 spiro atoms. The van der Waals surface area contributed by atoms with Crippen molar-refractivity contribution in [3.8, 4) is 16.9 Å². The van der Waals surface area contributed by atoms with Crippen LogP contribution in [0.3, 0.4) is 0 Å². The molecule has 1 fully saturated rings. The smallest absolute Gasteiger partial charge is 0.408 e. The SMILES string of the molecule is CC(C)C.COC(=O)C1CCCN1C(=O)CNC(=O)OC(C)(C)C.Oc1cncc(-c2ccncc2)c1. The van der Waals surface area contributed by atoms with Crippen molar-refractivity contribution < 1.29 is 29.0 Å². The summed E-state index contributed by atoms with van der Waals surface area (Å²) in [6.07, 6.45) is 7.21. The van der Waals surface area contributed by atoms with E-state index in [4.69, 9.17) is 4.74 Å². The Bertz CT molecular complexity index is 989. The molecule has 1 saturated heterocycles. The second-order valence-corrected chi connectivity index (χ2v) is 10.0. The number of amides is 2. The molecule has 0 radical (unpaired) electrons. The Morgan fingerprint density at radius 1 is 1.11 bits per heavy atom. The summed E-state index contributed by atoms with van der Waals surface area (Å²) in [6, 6.07) is 4.86. The first-order valence-corrected chi connectivity index (χ1v) is 12.2. The maximum absolute atomic E-state index is 12.0. The molecule has 37 heavy (non-hydrogen) atoms. The Hall–Kier alpha value is -3.69. The fourth-order valence-corrected chi connectivity index (χ4v) is 3.14. The van der Waals surface area contributed by atoms with Gasteiger partial charge in [0.1, 0.15) is 23.9 Å². The van der Waals surface area contributed by atoms with Crippen LogP contribution in [0.2, 0.25) is 0 Å². The second kappa shape index (κ2) is 15.4. The first kappa shape index (κ1) is 31.3. The number of carbonyl (C=O) groups excluding carboxylic acids is 3. The van der Waals surface area contributed by atoms with Crippen molar-refractivity contribution in [2.45, 2.75) is 66.0 Å². The molecule has 0 bridgehead atoms. The highest BCUT2D eigenvalue weighted by Crippen LogP contribution is 2.20. The van der Waals surface area contributed by atoms with E-state index in [0.29, 0.717) is 13.0 Å². The number of ether oxygens (including phenoxy) is 2. The molecule has 2 N–H and O–H groups in total. The molecule has 1 aliphatic heterocycles. The summed E-state index contributed by atoms with van der Waals surface area (Å²) in [5, 5.41) is 11.6. The van der Waals surface area contributed by atoms with E-state index in [9.17, 15) is 19.5 Å². The van der Waals surface area contributed by atoms with Crippen LogP contribution in [0, 0.1) is 5.92 Å². The summed E-state index contributed by atoms with van der Waals surface area (Å²) in [5.74, 6) is 0.270. The molecule has 2 amide bonds. The van der Waals surface area contributed by atoms with Gasteiger partial charge in [-0.05, 0) is 63.3 Å². The zero-order chi connectivity index (χ0) is 28.0.